The lowest BCUT2D eigenvalue weighted by Gasteiger charge is -2.25. The number of hydrogen-bond donors (Lipinski definition) is 2. The molecule has 2 aromatic heterocycles. The van der Waals surface area contributed by atoms with E-state index in [4.69, 9.17) is 5.73 Å². The topological polar surface area (TPSA) is 110 Å². The largest absolute Gasteiger partial charge is 0.439 e. The highest BCUT2D eigenvalue weighted by Gasteiger charge is 2.48. The summed E-state index contributed by atoms with van der Waals surface area (Å²) in [6, 6.07) is 3.15. The minimum atomic E-state index is -0.734. The van der Waals surface area contributed by atoms with Crippen molar-refractivity contribution in [3.8, 4) is 11.4 Å². The monoisotopic (exact) mass is 425 g/mol. The van der Waals surface area contributed by atoms with Crippen LogP contribution in [-0.2, 0) is 0 Å². The smallest absolute Gasteiger partial charge is 0.369 e. The molecule has 1 saturated heterocycles. The molecule has 0 bridgehead atoms. The number of nitrogens with two attached hydrogens (primary N) is 1. The van der Waals surface area contributed by atoms with Crippen LogP contribution in [0.25, 0.3) is 22.3 Å². The van der Waals surface area contributed by atoms with E-state index in [2.05, 4.69) is 19.6 Å². The number of halogens is 1. The third-order valence-corrected chi connectivity index (χ3v) is 7.23. The third-order valence-electron chi connectivity index (χ3n) is 7.23. The summed E-state index contributed by atoms with van der Waals surface area (Å²) < 4.78 is 21.7. The normalized spacial score (nSPS) is 22.4. The summed E-state index contributed by atoms with van der Waals surface area (Å²) in [6.07, 6.45) is 4.82. The van der Waals surface area contributed by atoms with Gasteiger partial charge in [-0.3, -0.25) is 14.3 Å². The molecule has 0 spiro atoms. The first-order valence-corrected chi connectivity index (χ1v) is 10.8. The standard InChI is InChI=1S/C22H24FN5O3/c1-11-17-12(9-16(23)18(11)27-7-4-13(10-27)22(24)5-6-22)8-15(19-25-21(30)31-26-19)20(29)28(17)14-2-3-14/h8-9,13-14H,2-7,10,24H2,1H3,(H,25,26,30)/t13-/m1/s1. The van der Waals surface area contributed by atoms with Crippen molar-refractivity contribution < 1.29 is 8.91 Å². The molecule has 0 unspecified atom stereocenters. The van der Waals surface area contributed by atoms with E-state index in [0.29, 0.717) is 17.0 Å². The fourth-order valence-corrected chi connectivity index (χ4v) is 5.23. The van der Waals surface area contributed by atoms with Gasteiger partial charge in [0.15, 0.2) is 5.82 Å². The van der Waals surface area contributed by atoms with E-state index in [9.17, 15) is 9.59 Å². The molecule has 3 aliphatic rings. The van der Waals surface area contributed by atoms with Crippen LogP contribution in [0.15, 0.2) is 26.2 Å². The minimum absolute atomic E-state index is 0.0634. The lowest BCUT2D eigenvalue weighted by molar-refractivity contribution is 0.388. The van der Waals surface area contributed by atoms with E-state index >= 15 is 4.39 Å². The Balaban J connectivity index is 1.53. The summed E-state index contributed by atoms with van der Waals surface area (Å²) in [7, 11) is 0. The lowest BCUT2D eigenvalue weighted by Crippen LogP contribution is -2.35. The van der Waals surface area contributed by atoms with Gasteiger partial charge in [-0.2, -0.15) is 0 Å². The number of aromatic amines is 1. The highest BCUT2D eigenvalue weighted by Crippen LogP contribution is 2.46. The van der Waals surface area contributed by atoms with Crippen LogP contribution in [0.5, 0.6) is 0 Å². The molecule has 0 radical (unpaired) electrons. The van der Waals surface area contributed by atoms with Crippen molar-refractivity contribution in [1.82, 2.24) is 14.7 Å². The van der Waals surface area contributed by atoms with Crippen molar-refractivity contribution in [2.45, 2.75) is 50.6 Å². The first-order valence-electron chi connectivity index (χ1n) is 10.8. The fraction of sp³-hybridized carbons (Fsp3) is 0.500. The maximum absolute atomic E-state index is 15.4. The number of anilines is 1. The van der Waals surface area contributed by atoms with Crippen LogP contribution < -0.4 is 21.9 Å². The van der Waals surface area contributed by atoms with Crippen LogP contribution in [0, 0.1) is 18.7 Å². The van der Waals surface area contributed by atoms with Crippen LogP contribution in [0.3, 0.4) is 0 Å². The van der Waals surface area contributed by atoms with Gasteiger partial charge in [-0.1, -0.05) is 5.16 Å². The molecule has 3 aromatic rings. The molecular formula is C22H24FN5O3. The predicted molar refractivity (Wildman–Crippen MR) is 114 cm³/mol. The second kappa shape index (κ2) is 6.29. The van der Waals surface area contributed by atoms with Crippen molar-refractivity contribution in [3.05, 3.63) is 44.4 Å². The quantitative estimate of drug-likeness (QED) is 0.664. The molecule has 1 aromatic carbocycles. The summed E-state index contributed by atoms with van der Waals surface area (Å²) in [5.41, 5.74) is 8.36. The van der Waals surface area contributed by atoms with Gasteiger partial charge < -0.3 is 15.2 Å². The van der Waals surface area contributed by atoms with Crippen molar-refractivity contribution in [2.75, 3.05) is 18.0 Å². The fourth-order valence-electron chi connectivity index (χ4n) is 5.23. The molecular weight excluding hydrogens is 401 g/mol. The van der Waals surface area contributed by atoms with Gasteiger partial charge in [0.05, 0.1) is 16.8 Å². The Labute approximate surface area is 176 Å². The number of fused-ring (bicyclic) bond motifs is 1. The Bertz CT molecular complexity index is 1330. The Hall–Kier alpha value is -2.94. The zero-order valence-electron chi connectivity index (χ0n) is 17.3. The van der Waals surface area contributed by atoms with Crippen molar-refractivity contribution in [1.29, 1.82) is 0 Å². The van der Waals surface area contributed by atoms with Gasteiger partial charge in [0.2, 0.25) is 0 Å². The molecule has 3 fully saturated rings. The van der Waals surface area contributed by atoms with Gasteiger partial charge in [0.25, 0.3) is 5.56 Å². The van der Waals surface area contributed by atoms with Gasteiger partial charge in [-0.15, -0.1) is 0 Å². The summed E-state index contributed by atoms with van der Waals surface area (Å²) in [5.74, 6) is -0.609. The van der Waals surface area contributed by atoms with Crippen molar-refractivity contribution in [3.63, 3.8) is 0 Å². The van der Waals surface area contributed by atoms with E-state index in [-0.39, 0.29) is 34.3 Å². The second-order valence-electron chi connectivity index (χ2n) is 9.34. The third kappa shape index (κ3) is 2.86. The van der Waals surface area contributed by atoms with Crippen LogP contribution >= 0.6 is 0 Å². The molecule has 3 heterocycles. The number of H-pyrrole nitrogens is 1. The van der Waals surface area contributed by atoms with Gasteiger partial charge in [-0.25, -0.2) is 9.18 Å². The Kier molecular flexibility index (Phi) is 3.81. The Morgan fingerprint density at radius 2 is 2.03 bits per heavy atom. The zero-order valence-corrected chi connectivity index (χ0v) is 17.3. The van der Waals surface area contributed by atoms with Crippen LogP contribution in [-0.4, -0.2) is 33.3 Å². The van der Waals surface area contributed by atoms with E-state index in [1.165, 1.54) is 6.07 Å². The SMILES string of the molecule is Cc1c(N2CC[C@@H](C3(N)CC3)C2)c(F)cc2cc(-c3noc(=O)[nH]3)c(=O)n(C3CC3)c12. The lowest BCUT2D eigenvalue weighted by atomic mass is 9.97. The van der Waals surface area contributed by atoms with E-state index in [1.807, 2.05) is 6.92 Å². The molecule has 2 aliphatic carbocycles. The zero-order chi connectivity index (χ0) is 21.5. The maximum Gasteiger partial charge on any atom is 0.439 e. The van der Waals surface area contributed by atoms with E-state index < -0.39 is 5.76 Å². The number of nitrogens with zero attached hydrogens (tertiary/aromatic N) is 3. The molecule has 8 nitrogen and oxygen atoms in total. The summed E-state index contributed by atoms with van der Waals surface area (Å²) in [5, 5.41) is 4.28. The number of nitrogens with one attached hydrogen (secondary N) is 1. The molecule has 2 saturated carbocycles. The van der Waals surface area contributed by atoms with Gasteiger partial charge >= 0.3 is 5.76 Å². The number of hydrogen-bond acceptors (Lipinski definition) is 6. The molecule has 31 heavy (non-hydrogen) atoms. The molecule has 1 aliphatic heterocycles. The average molecular weight is 425 g/mol. The molecule has 162 valence electrons. The second-order valence-corrected chi connectivity index (χ2v) is 9.34. The van der Waals surface area contributed by atoms with Gasteiger partial charge in [-0.05, 0) is 62.6 Å². The molecule has 0 amide bonds. The van der Waals surface area contributed by atoms with Gasteiger partial charge in [0, 0.05) is 30.1 Å². The average Bonchev–Trinajstić information content (AvgIpc) is 3.61. The van der Waals surface area contributed by atoms with Crippen molar-refractivity contribution >= 4 is 16.6 Å². The molecule has 1 atom stereocenters. The summed E-state index contributed by atoms with van der Waals surface area (Å²) in [6.45, 7) is 3.39. The summed E-state index contributed by atoms with van der Waals surface area (Å²) >= 11 is 0. The first-order chi connectivity index (χ1) is 14.9. The van der Waals surface area contributed by atoms with Crippen LogP contribution in [0.4, 0.5) is 10.1 Å². The Morgan fingerprint density at radius 3 is 2.68 bits per heavy atom. The van der Waals surface area contributed by atoms with Crippen molar-refractivity contribution in [2.24, 2.45) is 11.7 Å². The van der Waals surface area contributed by atoms with Crippen LogP contribution in [0.2, 0.25) is 0 Å². The molecule has 9 heteroatoms. The number of aryl methyl sites for hydroxylation is 1. The van der Waals surface area contributed by atoms with E-state index in [0.717, 1.165) is 56.3 Å². The Morgan fingerprint density at radius 1 is 1.26 bits per heavy atom. The van der Waals surface area contributed by atoms with Gasteiger partial charge in [0.1, 0.15) is 5.82 Å². The number of rotatable bonds is 4. The highest BCUT2D eigenvalue weighted by atomic mass is 19.1. The van der Waals surface area contributed by atoms with Crippen LogP contribution in [0.1, 0.15) is 43.7 Å². The van der Waals surface area contributed by atoms with E-state index in [1.54, 1.807) is 10.6 Å². The number of aromatic nitrogens is 3. The maximum atomic E-state index is 15.4. The molecule has 6 rings (SSSR count). The summed E-state index contributed by atoms with van der Waals surface area (Å²) in [4.78, 5) is 29.3. The molecule has 3 N–H and O–H groups in total. The highest BCUT2D eigenvalue weighted by molar-refractivity contribution is 5.90. The first kappa shape index (κ1) is 18.8. The number of benzene rings is 1. The predicted octanol–water partition coefficient (Wildman–Crippen LogP) is 2.44. The number of pyridine rings is 1. The minimum Gasteiger partial charge on any atom is -0.369 e.